The van der Waals surface area contributed by atoms with E-state index in [0.29, 0.717) is 18.6 Å². The lowest BCUT2D eigenvalue weighted by molar-refractivity contribution is -0.0620. The van der Waals surface area contributed by atoms with Crippen molar-refractivity contribution in [2.45, 2.75) is 32.4 Å². The minimum Gasteiger partial charge on any atom is -0.378 e. The number of alkyl halides is 1. The average molecular weight is 245 g/mol. The van der Waals surface area contributed by atoms with Crippen molar-refractivity contribution < 1.29 is 13.9 Å². The molecule has 0 spiro atoms. The number of likely N-dealkylation sites (tertiary alicyclic amines) is 1. The second kappa shape index (κ2) is 5.21. The zero-order chi connectivity index (χ0) is 12.5. The van der Waals surface area contributed by atoms with E-state index in [1.165, 1.54) is 0 Å². The van der Waals surface area contributed by atoms with Gasteiger partial charge in [0.05, 0.1) is 38.1 Å². The highest BCUT2D eigenvalue weighted by Crippen LogP contribution is 2.28. The Morgan fingerprint density at radius 3 is 2.35 bits per heavy atom. The largest absolute Gasteiger partial charge is 0.378 e. The minimum absolute atomic E-state index is 0.131. The van der Waals surface area contributed by atoms with Crippen LogP contribution in [0.5, 0.6) is 0 Å². The molecule has 2 aliphatic rings. The van der Waals surface area contributed by atoms with E-state index in [0.717, 1.165) is 26.3 Å². The molecule has 0 N–H and O–H groups in total. The number of hydrogen-bond acceptors (Lipinski definition) is 3. The number of hydrogen-bond donors (Lipinski definition) is 0. The van der Waals surface area contributed by atoms with Crippen LogP contribution in [0.25, 0.3) is 0 Å². The van der Waals surface area contributed by atoms with Crippen LogP contribution in [0.1, 0.15) is 20.8 Å². The highest BCUT2D eigenvalue weighted by Gasteiger charge is 2.38. The van der Waals surface area contributed by atoms with E-state index in [4.69, 9.17) is 9.47 Å². The highest BCUT2D eigenvalue weighted by molar-refractivity contribution is 4.90. The van der Waals surface area contributed by atoms with Gasteiger partial charge < -0.3 is 9.47 Å². The summed E-state index contributed by atoms with van der Waals surface area (Å²) >= 11 is 0. The predicted molar refractivity (Wildman–Crippen MR) is 64.8 cm³/mol. The van der Waals surface area contributed by atoms with Gasteiger partial charge in [0.1, 0.15) is 0 Å². The summed E-state index contributed by atoms with van der Waals surface area (Å²) in [5.74, 6) is 0.470. The number of nitrogens with zero attached hydrogens (tertiary/aromatic N) is 1. The summed E-state index contributed by atoms with van der Waals surface area (Å²) in [6, 6.07) is 0.517. The van der Waals surface area contributed by atoms with Gasteiger partial charge in [-0.2, -0.15) is 0 Å². The van der Waals surface area contributed by atoms with Gasteiger partial charge in [0.15, 0.2) is 0 Å². The average Bonchev–Trinajstić information content (AvgIpc) is 2.54. The van der Waals surface area contributed by atoms with Crippen molar-refractivity contribution >= 4 is 0 Å². The van der Waals surface area contributed by atoms with Crippen molar-refractivity contribution in [3.63, 3.8) is 0 Å². The molecule has 0 aliphatic carbocycles. The highest BCUT2D eigenvalue weighted by atomic mass is 19.1. The molecule has 2 fully saturated rings. The van der Waals surface area contributed by atoms with Crippen molar-refractivity contribution in [3.05, 3.63) is 0 Å². The fraction of sp³-hybridized carbons (Fsp3) is 1.00. The molecule has 0 radical (unpaired) electrons. The first-order valence-corrected chi connectivity index (χ1v) is 6.51. The summed E-state index contributed by atoms with van der Waals surface area (Å²) in [4.78, 5) is 2.37. The SMILES string of the molecule is CC(C)(C)OCC1CN(C2COC2)C[C@@H]1CF. The molecule has 2 atom stereocenters. The van der Waals surface area contributed by atoms with Gasteiger partial charge in [0.2, 0.25) is 0 Å². The molecule has 0 bridgehead atoms. The summed E-state index contributed by atoms with van der Waals surface area (Å²) in [5.41, 5.74) is -0.131. The molecular weight excluding hydrogens is 221 g/mol. The van der Waals surface area contributed by atoms with Crippen molar-refractivity contribution in [3.8, 4) is 0 Å². The van der Waals surface area contributed by atoms with Gasteiger partial charge in [-0.1, -0.05) is 0 Å². The summed E-state index contributed by atoms with van der Waals surface area (Å²) in [6.45, 7) is 10.0. The van der Waals surface area contributed by atoms with Crippen molar-refractivity contribution in [2.75, 3.05) is 39.6 Å². The second-order valence-corrected chi connectivity index (χ2v) is 6.24. The Morgan fingerprint density at radius 1 is 1.24 bits per heavy atom. The fourth-order valence-corrected chi connectivity index (χ4v) is 2.43. The van der Waals surface area contributed by atoms with Gasteiger partial charge in [-0.25, -0.2) is 0 Å². The first kappa shape index (κ1) is 13.2. The third-order valence-electron chi connectivity index (χ3n) is 3.67. The van der Waals surface area contributed by atoms with Crippen LogP contribution in [0.4, 0.5) is 4.39 Å². The maximum absolute atomic E-state index is 13.0. The quantitative estimate of drug-likeness (QED) is 0.753. The summed E-state index contributed by atoms with van der Waals surface area (Å²) in [6.07, 6.45) is 0. The van der Waals surface area contributed by atoms with E-state index in [1.807, 2.05) is 20.8 Å². The van der Waals surface area contributed by atoms with Crippen LogP contribution in [-0.2, 0) is 9.47 Å². The molecule has 0 amide bonds. The molecule has 0 aromatic rings. The normalized spacial score (nSPS) is 31.8. The molecule has 1 unspecified atom stereocenters. The van der Waals surface area contributed by atoms with Crippen LogP contribution in [-0.4, -0.2) is 56.1 Å². The van der Waals surface area contributed by atoms with Crippen LogP contribution in [0, 0.1) is 11.8 Å². The maximum Gasteiger partial charge on any atom is 0.0938 e. The topological polar surface area (TPSA) is 21.7 Å². The Bertz CT molecular complexity index is 250. The Kier molecular flexibility index (Phi) is 4.06. The van der Waals surface area contributed by atoms with Crippen LogP contribution >= 0.6 is 0 Å². The molecule has 0 saturated carbocycles. The zero-order valence-electron chi connectivity index (χ0n) is 11.1. The molecule has 4 heteroatoms. The molecular formula is C13H24FNO2. The van der Waals surface area contributed by atoms with E-state index < -0.39 is 0 Å². The Morgan fingerprint density at radius 2 is 1.88 bits per heavy atom. The van der Waals surface area contributed by atoms with Crippen molar-refractivity contribution in [2.24, 2.45) is 11.8 Å². The molecule has 17 heavy (non-hydrogen) atoms. The van der Waals surface area contributed by atoms with E-state index >= 15 is 0 Å². The van der Waals surface area contributed by atoms with Gasteiger partial charge in [0, 0.05) is 24.9 Å². The monoisotopic (exact) mass is 245 g/mol. The Labute approximate surface area is 103 Å². The van der Waals surface area contributed by atoms with Crippen LogP contribution in [0.15, 0.2) is 0 Å². The maximum atomic E-state index is 13.0. The third-order valence-corrected chi connectivity index (χ3v) is 3.67. The number of rotatable bonds is 4. The first-order valence-electron chi connectivity index (χ1n) is 6.51. The molecule has 2 aliphatic heterocycles. The molecule has 2 heterocycles. The number of ether oxygens (including phenoxy) is 2. The summed E-state index contributed by atoms with van der Waals surface area (Å²) in [5, 5.41) is 0. The Hall–Kier alpha value is -0.190. The molecule has 0 aromatic carbocycles. The summed E-state index contributed by atoms with van der Waals surface area (Å²) in [7, 11) is 0. The van der Waals surface area contributed by atoms with E-state index in [-0.39, 0.29) is 18.2 Å². The summed E-state index contributed by atoms with van der Waals surface area (Å²) < 4.78 is 24.0. The third kappa shape index (κ3) is 3.39. The van der Waals surface area contributed by atoms with E-state index in [1.54, 1.807) is 0 Å². The smallest absolute Gasteiger partial charge is 0.0938 e. The molecule has 0 aromatic heterocycles. The van der Waals surface area contributed by atoms with Crippen LogP contribution < -0.4 is 0 Å². The van der Waals surface area contributed by atoms with Gasteiger partial charge in [-0.05, 0) is 20.8 Å². The first-order chi connectivity index (χ1) is 7.99. The molecule has 2 rings (SSSR count). The van der Waals surface area contributed by atoms with Crippen molar-refractivity contribution in [1.29, 1.82) is 0 Å². The lowest BCUT2D eigenvalue weighted by atomic mass is 9.98. The van der Waals surface area contributed by atoms with Gasteiger partial charge >= 0.3 is 0 Å². The fourth-order valence-electron chi connectivity index (χ4n) is 2.43. The van der Waals surface area contributed by atoms with Crippen molar-refractivity contribution in [1.82, 2.24) is 4.90 Å². The van der Waals surface area contributed by atoms with Gasteiger partial charge in [0.25, 0.3) is 0 Å². The van der Waals surface area contributed by atoms with Gasteiger partial charge in [-0.3, -0.25) is 9.29 Å². The standard InChI is InChI=1S/C13H24FNO2/c1-13(2,3)17-7-11-6-15(5-10(11)4-14)12-8-16-9-12/h10-12H,4-9H2,1-3H3/t10-,11?/m0/s1. The van der Waals surface area contributed by atoms with Crippen LogP contribution in [0.3, 0.4) is 0 Å². The van der Waals surface area contributed by atoms with E-state index in [2.05, 4.69) is 4.90 Å². The molecule has 100 valence electrons. The minimum atomic E-state index is -0.234. The second-order valence-electron chi connectivity index (χ2n) is 6.24. The number of halogens is 1. The molecule has 3 nitrogen and oxygen atoms in total. The Balaban J connectivity index is 1.83. The lowest BCUT2D eigenvalue weighted by Gasteiger charge is -2.34. The molecule has 2 saturated heterocycles. The van der Waals surface area contributed by atoms with E-state index in [9.17, 15) is 4.39 Å². The zero-order valence-corrected chi connectivity index (χ0v) is 11.1. The van der Waals surface area contributed by atoms with Crippen LogP contribution in [0.2, 0.25) is 0 Å². The lowest BCUT2D eigenvalue weighted by Crippen LogP contribution is -2.48. The predicted octanol–water partition coefficient (Wildman–Crippen LogP) is 1.72. The van der Waals surface area contributed by atoms with Gasteiger partial charge in [-0.15, -0.1) is 0 Å².